The Balaban J connectivity index is 1.67. The van der Waals surface area contributed by atoms with Crippen LogP contribution in [0.5, 0.6) is 11.5 Å². The van der Waals surface area contributed by atoms with Crippen LogP contribution >= 0.6 is 0 Å². The average Bonchev–Trinajstić information content (AvgIpc) is 2.44. The van der Waals surface area contributed by atoms with Gasteiger partial charge in [-0.1, -0.05) is 12.1 Å². The van der Waals surface area contributed by atoms with E-state index in [2.05, 4.69) is 5.32 Å². The maximum Gasteiger partial charge on any atom is 0.307 e. The first-order valence-corrected chi connectivity index (χ1v) is 6.54. The topological polar surface area (TPSA) is 56.8 Å². The maximum absolute atomic E-state index is 11.1. The van der Waals surface area contributed by atoms with E-state index in [1.165, 1.54) is 0 Å². The van der Waals surface area contributed by atoms with Crippen molar-refractivity contribution in [1.82, 2.24) is 5.32 Å². The van der Waals surface area contributed by atoms with Crippen molar-refractivity contribution in [2.75, 3.05) is 26.3 Å². The molecule has 0 aliphatic carbocycles. The monoisotopic (exact) mass is 265 g/mol. The summed E-state index contributed by atoms with van der Waals surface area (Å²) >= 11 is 0. The Hall–Kier alpha value is -1.75. The van der Waals surface area contributed by atoms with Crippen LogP contribution in [0.2, 0.25) is 0 Å². The number of carbonyl (C=O) groups is 1. The molecule has 104 valence electrons. The summed E-state index contributed by atoms with van der Waals surface area (Å²) in [6.07, 6.45) is 0.343. The van der Waals surface area contributed by atoms with Crippen LogP contribution in [0.3, 0.4) is 0 Å². The Morgan fingerprint density at radius 1 is 1.42 bits per heavy atom. The maximum atomic E-state index is 11.1. The molecule has 0 radical (unpaired) electrons. The van der Waals surface area contributed by atoms with Crippen LogP contribution in [0.4, 0.5) is 0 Å². The highest BCUT2D eigenvalue weighted by molar-refractivity contribution is 5.69. The zero-order valence-corrected chi connectivity index (χ0v) is 11.1. The first-order valence-electron chi connectivity index (χ1n) is 6.54. The summed E-state index contributed by atoms with van der Waals surface area (Å²) in [5.41, 5.74) is 0. The lowest BCUT2D eigenvalue weighted by molar-refractivity contribution is -0.142. The number of para-hydroxylation sites is 2. The van der Waals surface area contributed by atoms with Crippen LogP contribution in [0.15, 0.2) is 24.3 Å². The van der Waals surface area contributed by atoms with Crippen LogP contribution in [0, 0.1) is 0 Å². The molecule has 1 atom stereocenters. The van der Waals surface area contributed by atoms with Gasteiger partial charge in [-0.2, -0.15) is 0 Å². The van der Waals surface area contributed by atoms with Gasteiger partial charge in [-0.05, 0) is 19.1 Å². The van der Waals surface area contributed by atoms with Gasteiger partial charge in [-0.3, -0.25) is 4.79 Å². The molecule has 5 heteroatoms. The molecule has 1 aliphatic rings. The molecular formula is C14H19NO4. The van der Waals surface area contributed by atoms with E-state index in [4.69, 9.17) is 14.2 Å². The normalized spacial score (nSPS) is 17.0. The smallest absolute Gasteiger partial charge is 0.307 e. The van der Waals surface area contributed by atoms with E-state index in [-0.39, 0.29) is 12.1 Å². The van der Waals surface area contributed by atoms with Crippen molar-refractivity contribution >= 4 is 5.97 Å². The second-order valence-electron chi connectivity index (χ2n) is 4.26. The number of benzene rings is 1. The number of carbonyl (C=O) groups excluding carboxylic acids is 1. The van der Waals surface area contributed by atoms with Crippen molar-refractivity contribution in [2.45, 2.75) is 19.4 Å². The minimum atomic E-state index is -0.179. The van der Waals surface area contributed by atoms with E-state index in [1.807, 2.05) is 24.3 Å². The van der Waals surface area contributed by atoms with E-state index in [1.54, 1.807) is 6.92 Å². The van der Waals surface area contributed by atoms with Gasteiger partial charge in [0, 0.05) is 13.1 Å². The molecule has 0 saturated carbocycles. The third-order valence-corrected chi connectivity index (χ3v) is 2.75. The molecule has 0 saturated heterocycles. The minimum Gasteiger partial charge on any atom is -0.486 e. The number of hydrogen-bond donors (Lipinski definition) is 1. The Morgan fingerprint density at radius 2 is 2.21 bits per heavy atom. The lowest BCUT2D eigenvalue weighted by Gasteiger charge is -2.26. The molecule has 0 bridgehead atoms. The molecule has 1 aromatic rings. The predicted octanol–water partition coefficient (Wildman–Crippen LogP) is 1.37. The van der Waals surface area contributed by atoms with Crippen molar-refractivity contribution in [2.24, 2.45) is 0 Å². The zero-order valence-electron chi connectivity index (χ0n) is 11.1. The third-order valence-electron chi connectivity index (χ3n) is 2.75. The number of hydrogen-bond acceptors (Lipinski definition) is 5. The molecule has 19 heavy (non-hydrogen) atoms. The van der Waals surface area contributed by atoms with Gasteiger partial charge in [0.05, 0.1) is 13.0 Å². The van der Waals surface area contributed by atoms with Crippen LogP contribution in [-0.2, 0) is 9.53 Å². The number of esters is 1. The highest BCUT2D eigenvalue weighted by atomic mass is 16.6. The molecule has 0 amide bonds. The summed E-state index contributed by atoms with van der Waals surface area (Å²) in [7, 11) is 0. The van der Waals surface area contributed by atoms with Crippen molar-refractivity contribution in [1.29, 1.82) is 0 Å². The van der Waals surface area contributed by atoms with Gasteiger partial charge in [0.1, 0.15) is 12.7 Å². The van der Waals surface area contributed by atoms with Crippen LogP contribution < -0.4 is 14.8 Å². The molecular weight excluding hydrogens is 246 g/mol. The van der Waals surface area contributed by atoms with E-state index in [0.717, 1.165) is 11.5 Å². The molecule has 0 spiro atoms. The fourth-order valence-corrected chi connectivity index (χ4v) is 1.85. The van der Waals surface area contributed by atoms with Gasteiger partial charge in [-0.15, -0.1) is 0 Å². The predicted molar refractivity (Wildman–Crippen MR) is 70.5 cm³/mol. The Bertz CT molecular complexity index is 422. The van der Waals surface area contributed by atoms with Crippen LogP contribution in [0.1, 0.15) is 13.3 Å². The van der Waals surface area contributed by atoms with Crippen LogP contribution in [-0.4, -0.2) is 38.4 Å². The Kier molecular flexibility index (Phi) is 5.03. The van der Waals surface area contributed by atoms with Gasteiger partial charge in [-0.25, -0.2) is 0 Å². The summed E-state index contributed by atoms with van der Waals surface area (Å²) in [4.78, 5) is 11.1. The summed E-state index contributed by atoms with van der Waals surface area (Å²) in [6, 6.07) is 7.61. The van der Waals surface area contributed by atoms with Crippen molar-refractivity contribution in [3.63, 3.8) is 0 Å². The summed E-state index contributed by atoms with van der Waals surface area (Å²) in [5.74, 6) is 1.37. The number of rotatable bonds is 6. The lowest BCUT2D eigenvalue weighted by Crippen LogP contribution is -2.39. The molecule has 2 rings (SSSR count). The highest BCUT2D eigenvalue weighted by Crippen LogP contribution is 2.30. The molecule has 1 heterocycles. The largest absolute Gasteiger partial charge is 0.486 e. The lowest BCUT2D eigenvalue weighted by atomic mass is 10.2. The van der Waals surface area contributed by atoms with Gasteiger partial charge in [0.2, 0.25) is 0 Å². The molecule has 0 unspecified atom stereocenters. The molecule has 0 fully saturated rings. The first kappa shape index (κ1) is 13.7. The van der Waals surface area contributed by atoms with E-state index in [0.29, 0.717) is 32.7 Å². The van der Waals surface area contributed by atoms with Crippen molar-refractivity contribution < 1.29 is 19.0 Å². The summed E-state index contributed by atoms with van der Waals surface area (Å²) < 4.78 is 16.2. The van der Waals surface area contributed by atoms with Gasteiger partial charge in [0.15, 0.2) is 11.5 Å². The van der Waals surface area contributed by atoms with Crippen molar-refractivity contribution in [3.05, 3.63) is 24.3 Å². The average molecular weight is 265 g/mol. The fourth-order valence-electron chi connectivity index (χ4n) is 1.85. The Labute approximate surface area is 112 Å². The van der Waals surface area contributed by atoms with E-state index >= 15 is 0 Å². The zero-order chi connectivity index (χ0) is 13.5. The summed E-state index contributed by atoms with van der Waals surface area (Å²) in [6.45, 7) is 3.97. The molecule has 1 N–H and O–H groups in total. The molecule has 1 aromatic carbocycles. The fraction of sp³-hybridized carbons (Fsp3) is 0.500. The van der Waals surface area contributed by atoms with Crippen molar-refractivity contribution in [3.8, 4) is 11.5 Å². The Morgan fingerprint density at radius 3 is 3.00 bits per heavy atom. The second kappa shape index (κ2) is 6.99. The first-order chi connectivity index (χ1) is 9.29. The number of fused-ring (bicyclic) bond motifs is 1. The standard InChI is InChI=1S/C14H19NO4/c1-2-17-14(16)7-8-15-9-11-10-18-12-5-3-4-6-13(12)19-11/h3-6,11,15H,2,7-10H2,1H3/t11-/m1/s1. The van der Waals surface area contributed by atoms with E-state index in [9.17, 15) is 4.79 Å². The van der Waals surface area contributed by atoms with Gasteiger partial charge >= 0.3 is 5.97 Å². The number of nitrogens with one attached hydrogen (secondary N) is 1. The summed E-state index contributed by atoms with van der Waals surface area (Å²) in [5, 5.41) is 3.17. The number of ether oxygens (including phenoxy) is 3. The molecule has 1 aliphatic heterocycles. The second-order valence-corrected chi connectivity index (χ2v) is 4.26. The molecule has 5 nitrogen and oxygen atoms in total. The van der Waals surface area contributed by atoms with E-state index < -0.39 is 0 Å². The third kappa shape index (κ3) is 4.13. The van der Waals surface area contributed by atoms with Gasteiger partial charge < -0.3 is 19.5 Å². The highest BCUT2D eigenvalue weighted by Gasteiger charge is 2.19. The minimum absolute atomic E-state index is 0.0305. The quantitative estimate of drug-likeness (QED) is 0.622. The molecule has 0 aromatic heterocycles. The SMILES string of the molecule is CCOC(=O)CCNC[C@@H]1COc2ccccc2O1. The van der Waals surface area contributed by atoms with Crippen LogP contribution in [0.25, 0.3) is 0 Å². The van der Waals surface area contributed by atoms with Gasteiger partial charge in [0.25, 0.3) is 0 Å².